The molecular formula is C9H5BrF2N2O. The van der Waals surface area contributed by atoms with E-state index in [9.17, 15) is 13.6 Å². The van der Waals surface area contributed by atoms with Crippen LogP contribution in [0.1, 0.15) is 33.6 Å². The van der Waals surface area contributed by atoms with Crippen LogP contribution in [0.4, 0.5) is 8.78 Å². The zero-order chi connectivity index (χ0) is 11.4. The van der Waals surface area contributed by atoms with Gasteiger partial charge in [-0.2, -0.15) is 5.26 Å². The van der Waals surface area contributed by atoms with Crippen LogP contribution in [0.3, 0.4) is 0 Å². The van der Waals surface area contributed by atoms with E-state index in [0.717, 1.165) is 0 Å². The fraction of sp³-hybridized carbons (Fsp3) is 0.222. The van der Waals surface area contributed by atoms with Gasteiger partial charge in [0.25, 0.3) is 6.43 Å². The minimum absolute atomic E-state index is 0.0489. The number of nitriles is 1. The van der Waals surface area contributed by atoms with E-state index in [1.165, 1.54) is 6.20 Å². The molecular weight excluding hydrogens is 270 g/mol. The van der Waals surface area contributed by atoms with Gasteiger partial charge in [-0.05, 0) is 5.56 Å². The van der Waals surface area contributed by atoms with E-state index in [0.29, 0.717) is 5.56 Å². The predicted octanol–water partition coefficient (Wildman–Crippen LogP) is 2.60. The van der Waals surface area contributed by atoms with Gasteiger partial charge < -0.3 is 0 Å². The Morgan fingerprint density at radius 1 is 1.67 bits per heavy atom. The van der Waals surface area contributed by atoms with Crippen molar-refractivity contribution in [1.82, 2.24) is 4.98 Å². The summed E-state index contributed by atoms with van der Waals surface area (Å²) in [5.74, 6) is 0. The number of carbonyl (C=O) groups excluding carboxylic acids is 1. The average molecular weight is 275 g/mol. The third-order valence-electron chi connectivity index (χ3n) is 1.81. The summed E-state index contributed by atoms with van der Waals surface area (Å²) >= 11 is 3.08. The summed E-state index contributed by atoms with van der Waals surface area (Å²) in [5.41, 5.74) is -0.605. The van der Waals surface area contributed by atoms with Crippen molar-refractivity contribution in [2.24, 2.45) is 0 Å². The largest absolute Gasteiger partial charge is 0.298 e. The van der Waals surface area contributed by atoms with E-state index in [2.05, 4.69) is 20.9 Å². The van der Waals surface area contributed by atoms with Crippen LogP contribution < -0.4 is 0 Å². The van der Waals surface area contributed by atoms with Gasteiger partial charge in [0.1, 0.15) is 11.8 Å². The number of halogens is 3. The fourth-order valence-electron chi connectivity index (χ4n) is 1.11. The third kappa shape index (κ3) is 2.18. The second-order valence-electron chi connectivity index (χ2n) is 2.62. The smallest absolute Gasteiger partial charge is 0.281 e. The van der Waals surface area contributed by atoms with Gasteiger partial charge in [0.15, 0.2) is 6.29 Å². The quantitative estimate of drug-likeness (QED) is 0.629. The molecule has 0 bridgehead atoms. The maximum atomic E-state index is 12.4. The van der Waals surface area contributed by atoms with Crippen molar-refractivity contribution < 1.29 is 13.6 Å². The highest BCUT2D eigenvalue weighted by molar-refractivity contribution is 9.08. The molecule has 3 nitrogen and oxygen atoms in total. The molecule has 0 saturated heterocycles. The Hall–Kier alpha value is -1.35. The van der Waals surface area contributed by atoms with Gasteiger partial charge in [0.05, 0.1) is 11.1 Å². The monoisotopic (exact) mass is 274 g/mol. The molecule has 0 radical (unpaired) electrons. The highest BCUT2D eigenvalue weighted by atomic mass is 79.9. The van der Waals surface area contributed by atoms with Crippen molar-refractivity contribution in [3.05, 3.63) is 28.6 Å². The molecule has 0 aromatic carbocycles. The number of alkyl halides is 3. The topological polar surface area (TPSA) is 53.8 Å². The lowest BCUT2D eigenvalue weighted by Crippen LogP contribution is -2.04. The molecule has 0 saturated carbocycles. The maximum absolute atomic E-state index is 12.4. The summed E-state index contributed by atoms with van der Waals surface area (Å²) in [6.45, 7) is 0. The first kappa shape index (κ1) is 11.7. The number of aromatic nitrogens is 1. The lowest BCUT2D eigenvalue weighted by Gasteiger charge is -2.07. The molecule has 78 valence electrons. The van der Waals surface area contributed by atoms with Crippen molar-refractivity contribution in [3.8, 4) is 6.07 Å². The molecule has 15 heavy (non-hydrogen) atoms. The molecule has 0 spiro atoms. The molecule has 0 fully saturated rings. The Balaban J connectivity index is 3.50. The number of hydrogen-bond acceptors (Lipinski definition) is 3. The highest BCUT2D eigenvalue weighted by Gasteiger charge is 2.19. The van der Waals surface area contributed by atoms with Crippen LogP contribution in [0, 0.1) is 11.3 Å². The summed E-state index contributed by atoms with van der Waals surface area (Å²) in [6.07, 6.45) is -1.46. The van der Waals surface area contributed by atoms with Crippen LogP contribution in [0.2, 0.25) is 0 Å². The van der Waals surface area contributed by atoms with Gasteiger partial charge in [-0.1, -0.05) is 15.9 Å². The standard InChI is InChI=1S/C9H5BrF2N2O/c10-1-5-3-14-8(9(11)12)7(4-15)6(5)2-13/h3-4,9H,1H2. The number of aldehydes is 1. The van der Waals surface area contributed by atoms with Gasteiger partial charge >= 0.3 is 0 Å². The minimum atomic E-state index is -2.86. The second-order valence-corrected chi connectivity index (χ2v) is 3.18. The fourth-order valence-corrected chi connectivity index (χ4v) is 1.53. The predicted molar refractivity (Wildman–Crippen MR) is 51.9 cm³/mol. The molecule has 0 aliphatic rings. The molecule has 0 atom stereocenters. The zero-order valence-corrected chi connectivity index (χ0v) is 8.96. The molecule has 0 aliphatic carbocycles. The van der Waals surface area contributed by atoms with E-state index >= 15 is 0 Å². The number of carbonyl (C=O) groups is 1. The molecule has 6 heteroatoms. The molecule has 1 rings (SSSR count). The van der Waals surface area contributed by atoms with Crippen LogP contribution in [0.15, 0.2) is 6.20 Å². The van der Waals surface area contributed by atoms with E-state index < -0.39 is 12.1 Å². The number of pyridine rings is 1. The zero-order valence-electron chi connectivity index (χ0n) is 7.38. The Kier molecular flexibility index (Phi) is 3.86. The molecule has 1 heterocycles. The van der Waals surface area contributed by atoms with Gasteiger partial charge in [-0.3, -0.25) is 9.78 Å². The molecule has 0 amide bonds. The van der Waals surface area contributed by atoms with Crippen LogP contribution in [-0.2, 0) is 5.33 Å². The van der Waals surface area contributed by atoms with E-state index in [1.54, 1.807) is 6.07 Å². The normalized spacial score (nSPS) is 10.1. The van der Waals surface area contributed by atoms with Crippen LogP contribution in [-0.4, -0.2) is 11.3 Å². The molecule has 1 aromatic rings. The second kappa shape index (κ2) is 4.94. The Morgan fingerprint density at radius 2 is 2.33 bits per heavy atom. The van der Waals surface area contributed by atoms with Crippen molar-refractivity contribution >= 4 is 22.2 Å². The van der Waals surface area contributed by atoms with E-state index in [-0.39, 0.29) is 22.7 Å². The first-order valence-electron chi connectivity index (χ1n) is 3.86. The van der Waals surface area contributed by atoms with Gasteiger partial charge in [0.2, 0.25) is 0 Å². The first-order valence-corrected chi connectivity index (χ1v) is 4.99. The Morgan fingerprint density at radius 3 is 2.73 bits per heavy atom. The Bertz CT molecular complexity index is 429. The van der Waals surface area contributed by atoms with E-state index in [4.69, 9.17) is 5.26 Å². The summed E-state index contributed by atoms with van der Waals surface area (Å²) in [4.78, 5) is 14.1. The summed E-state index contributed by atoms with van der Waals surface area (Å²) in [6, 6.07) is 1.73. The Labute approximate surface area is 92.9 Å². The first-order chi connectivity index (χ1) is 7.15. The lowest BCUT2D eigenvalue weighted by molar-refractivity contribution is 0.110. The van der Waals surface area contributed by atoms with Crippen LogP contribution in [0.25, 0.3) is 0 Å². The minimum Gasteiger partial charge on any atom is -0.298 e. The summed E-state index contributed by atoms with van der Waals surface area (Å²) < 4.78 is 24.8. The highest BCUT2D eigenvalue weighted by Crippen LogP contribution is 2.24. The average Bonchev–Trinajstić information content (AvgIpc) is 2.26. The van der Waals surface area contributed by atoms with Gasteiger partial charge in [-0.25, -0.2) is 8.78 Å². The van der Waals surface area contributed by atoms with E-state index in [1.807, 2.05) is 0 Å². The van der Waals surface area contributed by atoms with Crippen molar-refractivity contribution in [3.63, 3.8) is 0 Å². The van der Waals surface area contributed by atoms with Crippen LogP contribution >= 0.6 is 15.9 Å². The van der Waals surface area contributed by atoms with Gasteiger partial charge in [-0.15, -0.1) is 0 Å². The van der Waals surface area contributed by atoms with Gasteiger partial charge in [0, 0.05) is 11.5 Å². The van der Waals surface area contributed by atoms with Crippen molar-refractivity contribution in [2.75, 3.05) is 0 Å². The van der Waals surface area contributed by atoms with Crippen molar-refractivity contribution in [2.45, 2.75) is 11.8 Å². The molecule has 0 N–H and O–H groups in total. The number of hydrogen-bond donors (Lipinski definition) is 0. The summed E-state index contributed by atoms with van der Waals surface area (Å²) in [7, 11) is 0. The van der Waals surface area contributed by atoms with Crippen molar-refractivity contribution in [1.29, 1.82) is 5.26 Å². The number of rotatable bonds is 3. The molecule has 0 unspecified atom stereocenters. The molecule has 1 aromatic heterocycles. The number of nitrogens with zero attached hydrogens (tertiary/aromatic N) is 2. The molecule has 0 aliphatic heterocycles. The lowest BCUT2D eigenvalue weighted by atomic mass is 10.0. The SMILES string of the molecule is N#Cc1c(CBr)cnc(C(F)F)c1C=O. The third-order valence-corrected chi connectivity index (χ3v) is 2.41. The maximum Gasteiger partial charge on any atom is 0.281 e. The summed E-state index contributed by atoms with van der Waals surface area (Å²) in [5, 5.41) is 9.05. The van der Waals surface area contributed by atoms with Crippen LogP contribution in [0.5, 0.6) is 0 Å².